The van der Waals surface area contributed by atoms with Gasteiger partial charge in [0.15, 0.2) is 0 Å². The molecule has 2 aromatic heterocycles. The highest BCUT2D eigenvalue weighted by molar-refractivity contribution is 7.09. The van der Waals surface area contributed by atoms with E-state index in [0.29, 0.717) is 13.1 Å². The van der Waals surface area contributed by atoms with Gasteiger partial charge in [-0.2, -0.15) is 0 Å². The van der Waals surface area contributed by atoms with Gasteiger partial charge in [0, 0.05) is 30.1 Å². The highest BCUT2D eigenvalue weighted by Gasteiger charge is 2.13. The fraction of sp³-hybridized carbons (Fsp3) is 0.176. The van der Waals surface area contributed by atoms with Crippen LogP contribution in [0.2, 0.25) is 0 Å². The second-order valence-corrected chi connectivity index (χ2v) is 6.26. The van der Waals surface area contributed by atoms with E-state index in [9.17, 15) is 10.1 Å². The summed E-state index contributed by atoms with van der Waals surface area (Å²) in [7, 11) is 0. The third kappa shape index (κ3) is 4.28. The molecule has 0 fully saturated rings. The molecule has 0 radical (unpaired) electrons. The number of nitro benzene ring substituents is 1. The maximum absolute atomic E-state index is 10.9. The molecule has 23 heavy (non-hydrogen) atoms. The molecular weight excluding hydrogens is 312 g/mol. The van der Waals surface area contributed by atoms with Crippen LogP contribution in [0.4, 0.5) is 5.69 Å². The Kier molecular flexibility index (Phi) is 4.85. The number of thiophene rings is 1. The predicted octanol–water partition coefficient (Wildman–Crippen LogP) is 4.45. The average molecular weight is 328 g/mol. The number of rotatable bonds is 7. The lowest BCUT2D eigenvalue weighted by atomic mass is 10.2. The number of furan rings is 1. The summed E-state index contributed by atoms with van der Waals surface area (Å²) < 4.78 is 5.44. The Hall–Kier alpha value is -2.44. The second kappa shape index (κ2) is 7.21. The van der Waals surface area contributed by atoms with Gasteiger partial charge in [0.05, 0.1) is 17.7 Å². The van der Waals surface area contributed by atoms with Crippen molar-refractivity contribution in [1.82, 2.24) is 4.90 Å². The van der Waals surface area contributed by atoms with Crippen molar-refractivity contribution in [3.63, 3.8) is 0 Å². The van der Waals surface area contributed by atoms with Crippen LogP contribution in [-0.4, -0.2) is 9.82 Å². The largest absolute Gasteiger partial charge is 0.468 e. The first-order valence-electron chi connectivity index (χ1n) is 7.21. The van der Waals surface area contributed by atoms with E-state index in [1.54, 1.807) is 29.7 Å². The molecule has 118 valence electrons. The van der Waals surface area contributed by atoms with E-state index in [2.05, 4.69) is 11.0 Å². The number of nitrogens with zero attached hydrogens (tertiary/aromatic N) is 2. The Morgan fingerprint density at radius 3 is 2.70 bits per heavy atom. The summed E-state index contributed by atoms with van der Waals surface area (Å²) in [6, 6.07) is 14.7. The monoisotopic (exact) mass is 328 g/mol. The molecule has 0 aliphatic rings. The van der Waals surface area contributed by atoms with Gasteiger partial charge in [-0.25, -0.2) is 0 Å². The van der Waals surface area contributed by atoms with E-state index in [1.807, 2.05) is 29.6 Å². The van der Waals surface area contributed by atoms with Crippen molar-refractivity contribution in [2.24, 2.45) is 0 Å². The van der Waals surface area contributed by atoms with Crippen molar-refractivity contribution in [2.75, 3.05) is 0 Å². The molecule has 6 heteroatoms. The van der Waals surface area contributed by atoms with Gasteiger partial charge < -0.3 is 4.42 Å². The summed E-state index contributed by atoms with van der Waals surface area (Å²) in [4.78, 5) is 14.0. The molecule has 0 aliphatic heterocycles. The summed E-state index contributed by atoms with van der Waals surface area (Å²) in [6.45, 7) is 2.06. The van der Waals surface area contributed by atoms with E-state index >= 15 is 0 Å². The first-order valence-corrected chi connectivity index (χ1v) is 8.09. The van der Waals surface area contributed by atoms with Crippen molar-refractivity contribution in [3.05, 3.63) is 86.5 Å². The zero-order valence-electron chi connectivity index (χ0n) is 12.4. The van der Waals surface area contributed by atoms with Gasteiger partial charge in [0.1, 0.15) is 5.76 Å². The number of hydrogen-bond donors (Lipinski definition) is 0. The van der Waals surface area contributed by atoms with Gasteiger partial charge in [-0.05, 0) is 29.1 Å². The predicted molar refractivity (Wildman–Crippen MR) is 89.1 cm³/mol. The van der Waals surface area contributed by atoms with Crippen LogP contribution in [-0.2, 0) is 19.6 Å². The van der Waals surface area contributed by atoms with E-state index in [-0.39, 0.29) is 10.6 Å². The summed E-state index contributed by atoms with van der Waals surface area (Å²) in [5.74, 6) is 0.881. The third-order valence-corrected chi connectivity index (χ3v) is 4.31. The van der Waals surface area contributed by atoms with Gasteiger partial charge in [0.2, 0.25) is 0 Å². The van der Waals surface area contributed by atoms with Crippen LogP contribution in [0.15, 0.2) is 64.6 Å². The zero-order valence-corrected chi connectivity index (χ0v) is 13.2. The number of nitro groups is 1. The Morgan fingerprint density at radius 2 is 2.00 bits per heavy atom. The van der Waals surface area contributed by atoms with Gasteiger partial charge in [-0.15, -0.1) is 11.3 Å². The minimum atomic E-state index is -0.361. The molecule has 0 saturated carbocycles. The average Bonchev–Trinajstić information content (AvgIpc) is 3.21. The normalized spacial score (nSPS) is 11.0. The van der Waals surface area contributed by atoms with Crippen molar-refractivity contribution in [1.29, 1.82) is 0 Å². The third-order valence-electron chi connectivity index (χ3n) is 3.45. The van der Waals surface area contributed by atoms with E-state index in [4.69, 9.17) is 4.42 Å². The lowest BCUT2D eigenvalue weighted by molar-refractivity contribution is -0.384. The highest BCUT2D eigenvalue weighted by atomic mass is 32.1. The van der Waals surface area contributed by atoms with Crippen LogP contribution in [0.1, 0.15) is 16.2 Å². The molecule has 0 atom stereocenters. The van der Waals surface area contributed by atoms with Crippen molar-refractivity contribution in [2.45, 2.75) is 19.6 Å². The van der Waals surface area contributed by atoms with Gasteiger partial charge in [0.25, 0.3) is 5.69 Å². The quantitative estimate of drug-likeness (QED) is 0.475. The standard InChI is InChI=1S/C17H16N2O3S/c20-19(21)15-5-1-4-14(10-15)11-18(12-16-6-2-8-22-16)13-17-7-3-9-23-17/h1-10H,11-13H2. The van der Waals surface area contributed by atoms with Crippen LogP contribution in [0.3, 0.4) is 0 Å². The second-order valence-electron chi connectivity index (χ2n) is 5.23. The molecule has 0 spiro atoms. The van der Waals surface area contributed by atoms with Gasteiger partial charge >= 0.3 is 0 Å². The SMILES string of the molecule is O=[N+]([O-])c1cccc(CN(Cc2ccco2)Cc2cccs2)c1. The lowest BCUT2D eigenvalue weighted by Crippen LogP contribution is -2.21. The van der Waals surface area contributed by atoms with E-state index < -0.39 is 0 Å². The Labute approximate surface area is 137 Å². The summed E-state index contributed by atoms with van der Waals surface area (Å²) in [6.07, 6.45) is 1.66. The minimum absolute atomic E-state index is 0.122. The van der Waals surface area contributed by atoms with Gasteiger partial charge in [-0.1, -0.05) is 18.2 Å². The summed E-state index contributed by atoms with van der Waals surface area (Å²) in [5, 5.41) is 13.0. The topological polar surface area (TPSA) is 59.5 Å². The molecule has 0 amide bonds. The molecule has 1 aromatic carbocycles. The Balaban J connectivity index is 1.77. The lowest BCUT2D eigenvalue weighted by Gasteiger charge is -2.20. The molecule has 0 saturated heterocycles. The van der Waals surface area contributed by atoms with Crippen LogP contribution in [0.25, 0.3) is 0 Å². The molecule has 0 N–H and O–H groups in total. The molecular formula is C17H16N2O3S. The van der Waals surface area contributed by atoms with Crippen LogP contribution in [0.5, 0.6) is 0 Å². The summed E-state index contributed by atoms with van der Waals surface area (Å²) >= 11 is 1.70. The number of hydrogen-bond acceptors (Lipinski definition) is 5. The fourth-order valence-corrected chi connectivity index (χ4v) is 3.19. The van der Waals surface area contributed by atoms with Crippen molar-refractivity contribution in [3.8, 4) is 0 Å². The molecule has 0 unspecified atom stereocenters. The summed E-state index contributed by atoms with van der Waals surface area (Å²) in [5.41, 5.74) is 1.04. The maximum atomic E-state index is 10.9. The van der Waals surface area contributed by atoms with Crippen molar-refractivity contribution < 1.29 is 9.34 Å². The molecule has 3 rings (SSSR count). The molecule has 3 aromatic rings. The van der Waals surface area contributed by atoms with Crippen LogP contribution in [0, 0.1) is 10.1 Å². The smallest absolute Gasteiger partial charge is 0.269 e. The van der Waals surface area contributed by atoms with Crippen LogP contribution < -0.4 is 0 Å². The van der Waals surface area contributed by atoms with Crippen LogP contribution >= 0.6 is 11.3 Å². The first-order chi connectivity index (χ1) is 11.2. The molecule has 0 bridgehead atoms. The number of benzene rings is 1. The minimum Gasteiger partial charge on any atom is -0.468 e. The van der Waals surface area contributed by atoms with Gasteiger partial charge in [-0.3, -0.25) is 15.0 Å². The Bertz CT molecular complexity index is 718. The Morgan fingerprint density at radius 1 is 1.09 bits per heavy atom. The van der Waals surface area contributed by atoms with E-state index in [1.165, 1.54) is 10.9 Å². The fourth-order valence-electron chi connectivity index (χ4n) is 2.44. The first kappa shape index (κ1) is 15.5. The highest BCUT2D eigenvalue weighted by Crippen LogP contribution is 2.19. The molecule has 2 heterocycles. The number of non-ortho nitro benzene ring substituents is 1. The zero-order chi connectivity index (χ0) is 16.1. The molecule has 5 nitrogen and oxygen atoms in total. The molecule has 0 aliphatic carbocycles. The van der Waals surface area contributed by atoms with E-state index in [0.717, 1.165) is 17.9 Å². The van der Waals surface area contributed by atoms with Crippen molar-refractivity contribution >= 4 is 17.0 Å². The maximum Gasteiger partial charge on any atom is 0.269 e.